The van der Waals surface area contributed by atoms with Gasteiger partial charge in [0.05, 0.1) is 4.90 Å². The molecule has 1 atom stereocenters. The summed E-state index contributed by atoms with van der Waals surface area (Å²) in [6, 6.07) is 26.4. The summed E-state index contributed by atoms with van der Waals surface area (Å²) in [4.78, 5) is 27.8. The number of sulfonamides is 1. The van der Waals surface area contributed by atoms with Gasteiger partial charge in [-0.2, -0.15) is 0 Å². The number of nitrogens with zero attached hydrogens (tertiary/aromatic N) is 1. The predicted molar refractivity (Wildman–Crippen MR) is 164 cm³/mol. The molecule has 0 radical (unpaired) electrons. The van der Waals surface area contributed by atoms with Crippen LogP contribution in [0.2, 0.25) is 5.02 Å². The van der Waals surface area contributed by atoms with Crippen molar-refractivity contribution in [3.05, 3.63) is 125 Å². The van der Waals surface area contributed by atoms with Gasteiger partial charge in [0, 0.05) is 23.8 Å². The molecule has 4 aromatic carbocycles. The lowest BCUT2D eigenvalue weighted by molar-refractivity contribution is -0.142. The van der Waals surface area contributed by atoms with E-state index in [1.807, 2.05) is 30.3 Å². The molecule has 4 rings (SSSR count). The van der Waals surface area contributed by atoms with Crippen LogP contribution in [0.5, 0.6) is 5.75 Å². The number of hydrogen-bond donors (Lipinski definition) is 2. The van der Waals surface area contributed by atoms with Crippen molar-refractivity contribution >= 4 is 39.1 Å². The summed E-state index contributed by atoms with van der Waals surface area (Å²) < 4.78 is 46.6. The second-order valence-electron chi connectivity index (χ2n) is 9.72. The fraction of sp³-hybridized carbons (Fsp3) is 0.188. The number of anilines is 1. The van der Waals surface area contributed by atoms with E-state index in [1.165, 1.54) is 41.3 Å². The largest absolute Gasteiger partial charge is 0.484 e. The number of ether oxygens (including phenoxy) is 1. The van der Waals surface area contributed by atoms with Crippen molar-refractivity contribution in [2.24, 2.45) is 0 Å². The molecule has 1 unspecified atom stereocenters. The average Bonchev–Trinajstić information content (AvgIpc) is 3.01. The number of benzene rings is 4. The van der Waals surface area contributed by atoms with E-state index in [2.05, 4.69) is 10.0 Å². The van der Waals surface area contributed by atoms with Crippen molar-refractivity contribution in [2.45, 2.75) is 30.8 Å². The van der Waals surface area contributed by atoms with Gasteiger partial charge in [0.25, 0.3) is 15.9 Å². The zero-order chi connectivity index (χ0) is 30.8. The molecule has 0 aliphatic carbocycles. The third kappa shape index (κ3) is 9.29. The first kappa shape index (κ1) is 31.5. The van der Waals surface area contributed by atoms with E-state index in [1.54, 1.807) is 31.2 Å². The van der Waals surface area contributed by atoms with E-state index < -0.39 is 27.8 Å². The summed E-state index contributed by atoms with van der Waals surface area (Å²) in [5, 5.41) is 3.45. The number of rotatable bonds is 13. The van der Waals surface area contributed by atoms with E-state index in [-0.39, 0.29) is 35.4 Å². The van der Waals surface area contributed by atoms with Crippen molar-refractivity contribution in [1.29, 1.82) is 0 Å². The smallest absolute Gasteiger partial charge is 0.261 e. The van der Waals surface area contributed by atoms with Gasteiger partial charge in [-0.25, -0.2) is 12.8 Å². The molecule has 8 nitrogen and oxygen atoms in total. The van der Waals surface area contributed by atoms with Gasteiger partial charge in [-0.15, -0.1) is 0 Å². The van der Waals surface area contributed by atoms with Gasteiger partial charge < -0.3 is 15.0 Å². The maximum absolute atomic E-state index is 13.3. The van der Waals surface area contributed by atoms with Crippen molar-refractivity contribution in [2.75, 3.05) is 17.9 Å². The molecule has 0 aliphatic rings. The zero-order valence-corrected chi connectivity index (χ0v) is 24.9. The Morgan fingerprint density at radius 3 is 2.19 bits per heavy atom. The topological polar surface area (TPSA) is 105 Å². The summed E-state index contributed by atoms with van der Waals surface area (Å²) in [6.45, 7) is 1.84. The molecule has 2 N–H and O–H groups in total. The Morgan fingerprint density at radius 1 is 0.884 bits per heavy atom. The van der Waals surface area contributed by atoms with Gasteiger partial charge in [-0.3, -0.25) is 14.3 Å². The number of halogens is 2. The maximum Gasteiger partial charge on any atom is 0.261 e. The minimum Gasteiger partial charge on any atom is -0.484 e. The molecule has 11 heteroatoms. The zero-order valence-electron chi connectivity index (χ0n) is 23.4. The van der Waals surface area contributed by atoms with Crippen LogP contribution in [-0.4, -0.2) is 44.3 Å². The summed E-state index contributed by atoms with van der Waals surface area (Å²) in [5.41, 5.74) is 2.08. The molecule has 2 amide bonds. The first-order chi connectivity index (χ1) is 20.6. The highest BCUT2D eigenvalue weighted by Crippen LogP contribution is 2.20. The molecule has 0 bridgehead atoms. The molecule has 0 saturated carbocycles. The Labute approximate surface area is 255 Å². The lowest BCUT2D eigenvalue weighted by atomic mass is 10.1. The van der Waals surface area contributed by atoms with Crippen LogP contribution in [0.25, 0.3) is 0 Å². The van der Waals surface area contributed by atoms with E-state index in [9.17, 15) is 22.4 Å². The molecule has 0 aromatic heterocycles. The van der Waals surface area contributed by atoms with Crippen LogP contribution in [0.4, 0.5) is 10.1 Å². The summed E-state index contributed by atoms with van der Waals surface area (Å²) >= 11 is 6.01. The van der Waals surface area contributed by atoms with Crippen molar-refractivity contribution in [3.8, 4) is 5.75 Å². The molecule has 0 spiro atoms. The fourth-order valence-electron chi connectivity index (χ4n) is 4.17. The van der Waals surface area contributed by atoms with E-state index in [0.29, 0.717) is 18.0 Å². The molecule has 0 heterocycles. The highest BCUT2D eigenvalue weighted by molar-refractivity contribution is 7.92. The summed E-state index contributed by atoms with van der Waals surface area (Å²) in [5.74, 6) is -0.957. The van der Waals surface area contributed by atoms with Gasteiger partial charge in [-0.05, 0) is 85.1 Å². The molecule has 43 heavy (non-hydrogen) atoms. The first-order valence-electron chi connectivity index (χ1n) is 13.5. The lowest BCUT2D eigenvalue weighted by Gasteiger charge is -2.28. The quantitative estimate of drug-likeness (QED) is 0.207. The van der Waals surface area contributed by atoms with Gasteiger partial charge in [0.15, 0.2) is 6.61 Å². The first-order valence-corrected chi connectivity index (χ1v) is 15.3. The van der Waals surface area contributed by atoms with Crippen molar-refractivity contribution in [3.63, 3.8) is 0 Å². The number of nitrogens with one attached hydrogen (secondary N) is 2. The van der Waals surface area contributed by atoms with E-state index >= 15 is 0 Å². The molecule has 0 aliphatic heterocycles. The highest BCUT2D eigenvalue weighted by Gasteiger charge is 2.26. The highest BCUT2D eigenvalue weighted by atomic mass is 35.5. The van der Waals surface area contributed by atoms with Gasteiger partial charge in [0.2, 0.25) is 5.91 Å². The van der Waals surface area contributed by atoms with Gasteiger partial charge in [-0.1, -0.05) is 54.1 Å². The summed E-state index contributed by atoms with van der Waals surface area (Å²) in [6.07, 6.45) is 0.651. The molecular weight excluding hydrogens is 593 g/mol. The summed E-state index contributed by atoms with van der Waals surface area (Å²) in [7, 11) is -3.93. The van der Waals surface area contributed by atoms with Gasteiger partial charge in [0.1, 0.15) is 17.6 Å². The Kier molecular flexibility index (Phi) is 10.7. The van der Waals surface area contributed by atoms with Crippen LogP contribution < -0.4 is 14.8 Å². The minimum absolute atomic E-state index is 0.0411. The second-order valence-corrected chi connectivity index (χ2v) is 11.8. The third-order valence-corrected chi connectivity index (χ3v) is 8.23. The molecule has 4 aromatic rings. The minimum atomic E-state index is -3.93. The van der Waals surface area contributed by atoms with E-state index in [4.69, 9.17) is 16.3 Å². The second kappa shape index (κ2) is 14.7. The number of amides is 2. The van der Waals surface area contributed by atoms with Crippen LogP contribution in [0, 0.1) is 5.82 Å². The lowest BCUT2D eigenvalue weighted by Crippen LogP contribution is -2.49. The maximum atomic E-state index is 13.3. The monoisotopic (exact) mass is 623 g/mol. The van der Waals surface area contributed by atoms with Crippen LogP contribution in [0.3, 0.4) is 0 Å². The van der Waals surface area contributed by atoms with Crippen LogP contribution in [-0.2, 0) is 32.6 Å². The number of hydrogen-bond acceptors (Lipinski definition) is 5. The Morgan fingerprint density at radius 2 is 1.53 bits per heavy atom. The normalized spacial score (nSPS) is 11.8. The van der Waals surface area contributed by atoms with Crippen molar-refractivity contribution in [1.82, 2.24) is 10.2 Å². The fourth-order valence-corrected chi connectivity index (χ4v) is 5.35. The standard InChI is InChI=1S/C32H31ClFN3O5S/c1-23(32(39)35-20-19-24-5-3-2-4-6-24)37(21-25-7-9-26(33)10-8-25)31(38)22-42-29-15-17-30(18-16-29)43(40,41)36-28-13-11-27(34)12-14-28/h2-18,23,36H,19-22H2,1H3,(H,35,39). The number of carbonyl (C=O) groups is 2. The third-order valence-electron chi connectivity index (χ3n) is 6.58. The Bertz CT molecular complexity index is 1620. The Balaban J connectivity index is 1.39. The van der Waals surface area contributed by atoms with Gasteiger partial charge >= 0.3 is 0 Å². The molecular formula is C32H31ClFN3O5S. The van der Waals surface area contributed by atoms with E-state index in [0.717, 1.165) is 23.3 Å². The SMILES string of the molecule is CC(C(=O)NCCc1ccccc1)N(Cc1ccc(Cl)cc1)C(=O)COc1ccc(S(=O)(=O)Nc2ccc(F)cc2)cc1. The van der Waals surface area contributed by atoms with Crippen LogP contribution >= 0.6 is 11.6 Å². The molecule has 0 fully saturated rings. The van der Waals surface area contributed by atoms with Crippen LogP contribution in [0.15, 0.2) is 108 Å². The number of carbonyl (C=O) groups excluding carboxylic acids is 2. The van der Waals surface area contributed by atoms with Crippen LogP contribution in [0.1, 0.15) is 18.1 Å². The predicted octanol–water partition coefficient (Wildman–Crippen LogP) is 5.43. The Hall–Kier alpha value is -4.41. The molecule has 0 saturated heterocycles. The van der Waals surface area contributed by atoms with Crippen molar-refractivity contribution < 1.29 is 27.1 Å². The average molecular weight is 624 g/mol. The molecule has 224 valence electrons.